The van der Waals surface area contributed by atoms with Gasteiger partial charge < -0.3 is 11.1 Å². The Morgan fingerprint density at radius 1 is 1.25 bits per heavy atom. The molecule has 166 valence electrons. The molecule has 0 fully saturated rings. The molecule has 1 aliphatic carbocycles. The minimum absolute atomic E-state index is 0.0607. The van der Waals surface area contributed by atoms with E-state index in [2.05, 4.69) is 15.3 Å². The number of hydrogen-bond donors (Lipinski definition) is 2. The van der Waals surface area contributed by atoms with Gasteiger partial charge in [-0.3, -0.25) is 9.20 Å². The largest absolute Gasteiger partial charge is 0.347 e. The molecule has 1 aromatic carbocycles. The number of aryl methyl sites for hydroxylation is 1. The Hall–Kier alpha value is -2.38. The first-order valence-electron chi connectivity index (χ1n) is 10.1. The number of carbonyl (C=O) groups excluding carboxylic acids is 1. The standard InChI is InChI=1S/C23H22Cl3N5O/c1-12-17(24)8-7-15(20(12)26)21-16(9-27)13(2)29-23-30-19(11-31(21)23)22(32)28-10-14-5-3-4-6-18(14)25/h3-8,11-12,17H,9-10,27H2,1-2H3,(H,28,32). The summed E-state index contributed by atoms with van der Waals surface area (Å²) in [7, 11) is 0. The minimum Gasteiger partial charge on any atom is -0.347 e. The second kappa shape index (κ2) is 9.24. The molecule has 0 saturated heterocycles. The van der Waals surface area contributed by atoms with Crippen LogP contribution in [0.4, 0.5) is 0 Å². The lowest BCUT2D eigenvalue weighted by atomic mass is 9.93. The van der Waals surface area contributed by atoms with E-state index in [1.54, 1.807) is 16.7 Å². The number of amides is 1. The number of benzene rings is 1. The molecule has 3 aromatic rings. The monoisotopic (exact) mass is 489 g/mol. The van der Waals surface area contributed by atoms with Crippen LogP contribution < -0.4 is 11.1 Å². The Morgan fingerprint density at radius 2 is 2.00 bits per heavy atom. The third kappa shape index (κ3) is 4.16. The van der Waals surface area contributed by atoms with Gasteiger partial charge in [-0.2, -0.15) is 0 Å². The van der Waals surface area contributed by atoms with E-state index >= 15 is 0 Å². The predicted octanol–water partition coefficient (Wildman–Crippen LogP) is 4.84. The third-order valence-electron chi connectivity index (χ3n) is 5.59. The van der Waals surface area contributed by atoms with Crippen LogP contribution in [0.15, 0.2) is 47.6 Å². The maximum absolute atomic E-state index is 12.8. The van der Waals surface area contributed by atoms with Crippen molar-refractivity contribution in [3.05, 3.63) is 80.9 Å². The number of imidazole rings is 1. The molecule has 0 saturated carbocycles. The third-order valence-corrected chi connectivity index (χ3v) is 7.03. The molecule has 6 nitrogen and oxygen atoms in total. The van der Waals surface area contributed by atoms with E-state index in [0.717, 1.165) is 28.1 Å². The molecular formula is C23H22Cl3N5O. The maximum atomic E-state index is 12.8. The van der Waals surface area contributed by atoms with Crippen LogP contribution in [0.3, 0.4) is 0 Å². The molecule has 3 N–H and O–H groups in total. The Kier molecular flexibility index (Phi) is 6.58. The number of nitrogens with one attached hydrogen (secondary N) is 1. The molecule has 9 heteroatoms. The summed E-state index contributed by atoms with van der Waals surface area (Å²) in [4.78, 5) is 21.8. The molecule has 0 aliphatic heterocycles. The van der Waals surface area contributed by atoms with Crippen molar-refractivity contribution in [1.82, 2.24) is 19.7 Å². The zero-order valence-electron chi connectivity index (χ0n) is 17.6. The second-order valence-electron chi connectivity index (χ2n) is 7.65. The summed E-state index contributed by atoms with van der Waals surface area (Å²) >= 11 is 19.2. The van der Waals surface area contributed by atoms with E-state index in [1.165, 1.54) is 0 Å². The Balaban J connectivity index is 1.76. The summed E-state index contributed by atoms with van der Waals surface area (Å²) in [6.07, 6.45) is 5.45. The number of rotatable bonds is 5. The summed E-state index contributed by atoms with van der Waals surface area (Å²) < 4.78 is 1.77. The lowest BCUT2D eigenvalue weighted by Crippen LogP contribution is -2.23. The lowest BCUT2D eigenvalue weighted by molar-refractivity contribution is 0.0946. The van der Waals surface area contributed by atoms with Gasteiger partial charge in [0, 0.05) is 52.1 Å². The number of aromatic nitrogens is 3. The predicted molar refractivity (Wildman–Crippen MR) is 129 cm³/mol. The number of halogens is 3. The van der Waals surface area contributed by atoms with Crippen molar-refractivity contribution in [3.8, 4) is 0 Å². The van der Waals surface area contributed by atoms with Crippen molar-refractivity contribution < 1.29 is 4.79 Å². The van der Waals surface area contributed by atoms with Crippen LogP contribution in [0.2, 0.25) is 5.02 Å². The molecule has 4 rings (SSSR count). The molecule has 32 heavy (non-hydrogen) atoms. The van der Waals surface area contributed by atoms with Crippen molar-refractivity contribution in [2.75, 3.05) is 0 Å². The highest BCUT2D eigenvalue weighted by Gasteiger charge is 2.27. The first-order chi connectivity index (χ1) is 15.3. The van der Waals surface area contributed by atoms with Crippen molar-refractivity contribution >= 4 is 52.1 Å². The van der Waals surface area contributed by atoms with Gasteiger partial charge in [0.15, 0.2) is 0 Å². The van der Waals surface area contributed by atoms with E-state index in [-0.39, 0.29) is 36.0 Å². The minimum atomic E-state index is -0.332. The Morgan fingerprint density at radius 3 is 2.72 bits per heavy atom. The van der Waals surface area contributed by atoms with Crippen LogP contribution in [0.25, 0.3) is 11.4 Å². The number of alkyl halides is 1. The molecule has 2 unspecified atom stereocenters. The highest BCUT2D eigenvalue weighted by molar-refractivity contribution is 6.35. The van der Waals surface area contributed by atoms with Gasteiger partial charge in [-0.1, -0.05) is 60.5 Å². The van der Waals surface area contributed by atoms with E-state index < -0.39 is 0 Å². The number of nitrogens with zero attached hydrogens (tertiary/aromatic N) is 3. The van der Waals surface area contributed by atoms with Crippen molar-refractivity contribution in [3.63, 3.8) is 0 Å². The number of carbonyl (C=O) groups is 1. The van der Waals surface area contributed by atoms with Crippen LogP contribution in [0.1, 0.15) is 39.9 Å². The molecule has 2 atom stereocenters. The van der Waals surface area contributed by atoms with Crippen LogP contribution >= 0.6 is 34.8 Å². The number of allylic oxidation sites excluding steroid dienone is 4. The van der Waals surface area contributed by atoms with Gasteiger partial charge in [0.1, 0.15) is 5.69 Å². The number of nitrogens with two attached hydrogens (primary N) is 1. The van der Waals surface area contributed by atoms with Crippen LogP contribution in [0.5, 0.6) is 0 Å². The quantitative estimate of drug-likeness (QED) is 0.501. The lowest BCUT2D eigenvalue weighted by Gasteiger charge is -2.24. The fourth-order valence-corrected chi connectivity index (χ4v) is 4.47. The van der Waals surface area contributed by atoms with Gasteiger partial charge >= 0.3 is 0 Å². The first-order valence-corrected chi connectivity index (χ1v) is 11.3. The van der Waals surface area contributed by atoms with Crippen LogP contribution in [-0.4, -0.2) is 25.7 Å². The molecule has 1 amide bonds. The van der Waals surface area contributed by atoms with E-state index in [9.17, 15) is 4.79 Å². The van der Waals surface area contributed by atoms with Crippen molar-refractivity contribution in [2.24, 2.45) is 11.7 Å². The first kappa shape index (κ1) is 22.8. The fourth-order valence-electron chi connectivity index (χ4n) is 3.71. The van der Waals surface area contributed by atoms with Gasteiger partial charge in [-0.25, -0.2) is 9.97 Å². The highest BCUT2D eigenvalue weighted by atomic mass is 35.5. The molecular weight excluding hydrogens is 469 g/mol. The average molecular weight is 491 g/mol. The molecule has 2 heterocycles. The number of fused-ring (bicyclic) bond motifs is 1. The van der Waals surface area contributed by atoms with Gasteiger partial charge in [0.05, 0.1) is 11.1 Å². The molecule has 0 bridgehead atoms. The van der Waals surface area contributed by atoms with Gasteiger partial charge in [0.2, 0.25) is 5.78 Å². The highest BCUT2D eigenvalue weighted by Crippen LogP contribution is 2.38. The molecule has 0 spiro atoms. The second-order valence-corrected chi connectivity index (χ2v) is 8.97. The number of hydrogen-bond acceptors (Lipinski definition) is 4. The summed E-state index contributed by atoms with van der Waals surface area (Å²) in [5, 5.41) is 3.89. The summed E-state index contributed by atoms with van der Waals surface area (Å²) in [6.45, 7) is 4.38. The summed E-state index contributed by atoms with van der Waals surface area (Å²) in [5.74, 6) is -0.000208. The van der Waals surface area contributed by atoms with Crippen LogP contribution in [0, 0.1) is 12.8 Å². The summed E-state index contributed by atoms with van der Waals surface area (Å²) in [5.41, 5.74) is 10.3. The topological polar surface area (TPSA) is 85.3 Å². The maximum Gasteiger partial charge on any atom is 0.271 e. The van der Waals surface area contributed by atoms with E-state index in [1.807, 2.05) is 44.2 Å². The van der Waals surface area contributed by atoms with E-state index in [0.29, 0.717) is 15.8 Å². The fraction of sp³-hybridized carbons (Fsp3) is 0.261. The zero-order chi connectivity index (χ0) is 23.0. The molecule has 2 aromatic heterocycles. The normalized spacial score (nSPS) is 18.4. The zero-order valence-corrected chi connectivity index (χ0v) is 19.8. The summed E-state index contributed by atoms with van der Waals surface area (Å²) in [6, 6.07) is 7.35. The average Bonchev–Trinajstić information content (AvgIpc) is 3.20. The van der Waals surface area contributed by atoms with Gasteiger partial charge in [-0.05, 0) is 18.6 Å². The Bertz CT molecular complexity index is 1260. The smallest absolute Gasteiger partial charge is 0.271 e. The SMILES string of the molecule is Cc1nc2nc(C(=O)NCc3ccccc3Cl)cn2c(C2=C(Cl)C(C)C(Cl)C=C2)c1CN. The van der Waals surface area contributed by atoms with Gasteiger partial charge in [-0.15, -0.1) is 11.6 Å². The Labute approximate surface area is 201 Å². The van der Waals surface area contributed by atoms with Crippen LogP contribution in [-0.2, 0) is 13.1 Å². The molecule has 0 radical (unpaired) electrons. The van der Waals surface area contributed by atoms with Crippen molar-refractivity contribution in [1.29, 1.82) is 0 Å². The van der Waals surface area contributed by atoms with E-state index in [4.69, 9.17) is 40.5 Å². The van der Waals surface area contributed by atoms with Crippen molar-refractivity contribution in [2.45, 2.75) is 32.3 Å². The molecule has 1 aliphatic rings. The van der Waals surface area contributed by atoms with Gasteiger partial charge in [0.25, 0.3) is 5.91 Å².